The molecule has 0 aliphatic heterocycles. The van der Waals surface area contributed by atoms with Crippen LogP contribution >= 0.6 is 0 Å². The third-order valence-corrected chi connectivity index (χ3v) is 3.62. The van der Waals surface area contributed by atoms with Crippen molar-refractivity contribution >= 4 is 11.7 Å². The molecule has 4 nitrogen and oxygen atoms in total. The molecule has 92 valence electrons. The lowest BCUT2D eigenvalue weighted by Gasteiger charge is -2.45. The van der Waals surface area contributed by atoms with Gasteiger partial charge in [0.25, 0.3) is 0 Å². The summed E-state index contributed by atoms with van der Waals surface area (Å²) in [6.07, 6.45) is 3.47. The fourth-order valence-corrected chi connectivity index (χ4v) is 2.71. The fourth-order valence-electron chi connectivity index (χ4n) is 2.71. The zero-order chi connectivity index (χ0) is 12.5. The molecule has 2 rings (SSSR count). The van der Waals surface area contributed by atoms with Crippen LogP contribution in [0.5, 0.6) is 0 Å². The summed E-state index contributed by atoms with van der Waals surface area (Å²) in [4.78, 5) is 18.2. The van der Waals surface area contributed by atoms with E-state index in [4.69, 9.17) is 5.73 Å². The molecule has 1 saturated carbocycles. The maximum absolute atomic E-state index is 12.4. The Morgan fingerprint density at radius 1 is 1.59 bits per heavy atom. The predicted octanol–water partition coefficient (Wildman–Crippen LogP) is 1.42. The Hall–Kier alpha value is -1.42. The number of aromatic nitrogens is 1. The zero-order valence-electron chi connectivity index (χ0n) is 10.4. The quantitative estimate of drug-likeness (QED) is 0.859. The number of rotatable bonds is 3. The number of carbonyl (C=O) groups excluding carboxylic acids is 1. The summed E-state index contributed by atoms with van der Waals surface area (Å²) in [7, 11) is 1.77. The molecule has 0 bridgehead atoms. The third-order valence-electron chi connectivity index (χ3n) is 3.62. The Morgan fingerprint density at radius 2 is 2.29 bits per heavy atom. The van der Waals surface area contributed by atoms with E-state index in [-0.39, 0.29) is 11.3 Å². The van der Waals surface area contributed by atoms with E-state index < -0.39 is 0 Å². The summed E-state index contributed by atoms with van der Waals surface area (Å²) in [6.45, 7) is 2.58. The van der Waals surface area contributed by atoms with Crippen LogP contribution in [-0.4, -0.2) is 24.5 Å². The van der Waals surface area contributed by atoms with Crippen LogP contribution in [-0.2, 0) is 4.79 Å². The number of anilines is 1. The minimum Gasteiger partial charge on any atom is -0.329 e. The monoisotopic (exact) mass is 233 g/mol. The van der Waals surface area contributed by atoms with E-state index in [9.17, 15) is 4.79 Å². The van der Waals surface area contributed by atoms with Crippen molar-refractivity contribution in [3.8, 4) is 0 Å². The molecule has 0 radical (unpaired) electrons. The SMILES string of the molecule is CC1CC(CN)(C(=O)N(C)c2ccccn2)C1. The molecule has 0 atom stereocenters. The van der Waals surface area contributed by atoms with Gasteiger partial charge < -0.3 is 5.73 Å². The molecule has 0 spiro atoms. The molecule has 1 heterocycles. The lowest BCUT2D eigenvalue weighted by Crippen LogP contribution is -2.54. The van der Waals surface area contributed by atoms with Crippen LogP contribution in [0.2, 0.25) is 0 Å². The van der Waals surface area contributed by atoms with Crippen molar-refractivity contribution in [3.05, 3.63) is 24.4 Å². The van der Waals surface area contributed by atoms with Gasteiger partial charge in [0, 0.05) is 19.8 Å². The van der Waals surface area contributed by atoms with E-state index >= 15 is 0 Å². The van der Waals surface area contributed by atoms with Crippen LogP contribution in [0.25, 0.3) is 0 Å². The molecule has 0 saturated heterocycles. The topological polar surface area (TPSA) is 59.2 Å². The minimum atomic E-state index is -0.355. The zero-order valence-corrected chi connectivity index (χ0v) is 10.4. The van der Waals surface area contributed by atoms with Crippen molar-refractivity contribution in [2.24, 2.45) is 17.1 Å². The average molecular weight is 233 g/mol. The molecule has 1 aliphatic carbocycles. The Bertz CT molecular complexity index is 398. The number of hydrogen-bond donors (Lipinski definition) is 1. The largest absolute Gasteiger partial charge is 0.329 e. The van der Waals surface area contributed by atoms with Crippen molar-refractivity contribution in [2.45, 2.75) is 19.8 Å². The van der Waals surface area contributed by atoms with Gasteiger partial charge in [-0.2, -0.15) is 0 Å². The summed E-state index contributed by atoms with van der Waals surface area (Å²) in [5, 5.41) is 0. The summed E-state index contributed by atoms with van der Waals surface area (Å²) < 4.78 is 0. The molecule has 1 aromatic heterocycles. The second-order valence-electron chi connectivity index (χ2n) is 5.05. The van der Waals surface area contributed by atoms with Crippen molar-refractivity contribution in [2.75, 3.05) is 18.5 Å². The Balaban J connectivity index is 2.15. The Morgan fingerprint density at radius 3 is 2.76 bits per heavy atom. The molecule has 1 fully saturated rings. The number of hydrogen-bond acceptors (Lipinski definition) is 3. The molecular formula is C13H19N3O. The lowest BCUT2D eigenvalue weighted by molar-refractivity contribution is -0.134. The van der Waals surface area contributed by atoms with Crippen LogP contribution in [0.4, 0.5) is 5.82 Å². The molecule has 1 aromatic rings. The van der Waals surface area contributed by atoms with Gasteiger partial charge in [0.15, 0.2) is 0 Å². The van der Waals surface area contributed by atoms with Crippen LogP contribution in [0.3, 0.4) is 0 Å². The highest BCUT2D eigenvalue weighted by atomic mass is 16.2. The van der Waals surface area contributed by atoms with Crippen LogP contribution < -0.4 is 10.6 Å². The van der Waals surface area contributed by atoms with Gasteiger partial charge in [-0.3, -0.25) is 9.69 Å². The van der Waals surface area contributed by atoms with Crippen molar-refractivity contribution in [1.82, 2.24) is 4.98 Å². The Labute approximate surface area is 102 Å². The molecule has 0 unspecified atom stereocenters. The molecule has 4 heteroatoms. The maximum Gasteiger partial charge on any atom is 0.235 e. The van der Waals surface area contributed by atoms with Crippen molar-refractivity contribution < 1.29 is 4.79 Å². The third kappa shape index (κ3) is 2.05. The normalized spacial score (nSPS) is 27.4. The van der Waals surface area contributed by atoms with Gasteiger partial charge in [-0.15, -0.1) is 0 Å². The second-order valence-corrected chi connectivity index (χ2v) is 5.05. The highest BCUT2D eigenvalue weighted by Crippen LogP contribution is 2.46. The van der Waals surface area contributed by atoms with Gasteiger partial charge in [-0.25, -0.2) is 4.98 Å². The first-order valence-corrected chi connectivity index (χ1v) is 5.98. The van der Waals surface area contributed by atoms with E-state index in [2.05, 4.69) is 11.9 Å². The summed E-state index contributed by atoms with van der Waals surface area (Å²) in [5.41, 5.74) is 5.42. The highest BCUT2D eigenvalue weighted by Gasteiger charge is 2.48. The van der Waals surface area contributed by atoms with Crippen molar-refractivity contribution in [3.63, 3.8) is 0 Å². The maximum atomic E-state index is 12.4. The summed E-state index contributed by atoms with van der Waals surface area (Å²) >= 11 is 0. The van der Waals surface area contributed by atoms with Crippen LogP contribution in [0, 0.1) is 11.3 Å². The predicted molar refractivity (Wildman–Crippen MR) is 67.5 cm³/mol. The Kier molecular flexibility index (Phi) is 3.15. The molecule has 17 heavy (non-hydrogen) atoms. The molecule has 1 amide bonds. The van der Waals surface area contributed by atoms with Gasteiger partial charge in [0.1, 0.15) is 5.82 Å². The first-order valence-electron chi connectivity index (χ1n) is 5.98. The van der Waals surface area contributed by atoms with Gasteiger partial charge in [-0.1, -0.05) is 13.0 Å². The molecule has 0 aromatic carbocycles. The van der Waals surface area contributed by atoms with Crippen molar-refractivity contribution in [1.29, 1.82) is 0 Å². The average Bonchev–Trinajstić information content (AvgIpc) is 2.34. The number of pyridine rings is 1. The van der Waals surface area contributed by atoms with E-state index in [0.717, 1.165) is 12.8 Å². The van der Waals surface area contributed by atoms with Gasteiger partial charge in [0.05, 0.1) is 5.41 Å². The number of carbonyl (C=O) groups is 1. The van der Waals surface area contributed by atoms with Gasteiger partial charge in [-0.05, 0) is 30.9 Å². The first-order chi connectivity index (χ1) is 8.09. The molecule has 1 aliphatic rings. The second kappa shape index (κ2) is 4.45. The summed E-state index contributed by atoms with van der Waals surface area (Å²) in [5.74, 6) is 1.38. The van der Waals surface area contributed by atoms with E-state index in [1.165, 1.54) is 0 Å². The number of nitrogens with two attached hydrogens (primary N) is 1. The van der Waals surface area contributed by atoms with Crippen LogP contribution in [0.1, 0.15) is 19.8 Å². The lowest BCUT2D eigenvalue weighted by atomic mass is 9.62. The van der Waals surface area contributed by atoms with Crippen LogP contribution in [0.15, 0.2) is 24.4 Å². The van der Waals surface area contributed by atoms with E-state index in [0.29, 0.717) is 18.3 Å². The standard InChI is InChI=1S/C13H19N3O/c1-10-7-13(8-10,9-14)12(17)16(2)11-5-3-4-6-15-11/h3-6,10H,7-9,14H2,1-2H3. The van der Waals surface area contributed by atoms with E-state index in [1.54, 1.807) is 18.1 Å². The molecular weight excluding hydrogens is 214 g/mol. The van der Waals surface area contributed by atoms with Gasteiger partial charge in [0.2, 0.25) is 5.91 Å². The minimum absolute atomic E-state index is 0.0943. The number of nitrogens with zero attached hydrogens (tertiary/aromatic N) is 2. The highest BCUT2D eigenvalue weighted by molar-refractivity contribution is 5.97. The molecule has 2 N–H and O–H groups in total. The first kappa shape index (κ1) is 12.0. The van der Waals surface area contributed by atoms with E-state index in [1.807, 2.05) is 18.2 Å². The van der Waals surface area contributed by atoms with Gasteiger partial charge >= 0.3 is 0 Å². The summed E-state index contributed by atoms with van der Waals surface area (Å²) in [6, 6.07) is 5.56. The smallest absolute Gasteiger partial charge is 0.235 e. The fraction of sp³-hybridized carbons (Fsp3) is 0.538. The number of amides is 1.